The first-order valence-electron chi connectivity index (χ1n) is 20.5. The number of nitrogens with two attached hydrogens (primary N) is 1. The highest BCUT2D eigenvalue weighted by Gasteiger charge is 2.36. The summed E-state index contributed by atoms with van der Waals surface area (Å²) in [6.45, 7) is 11.7. The van der Waals surface area contributed by atoms with E-state index in [9.17, 15) is 28.0 Å². The van der Waals surface area contributed by atoms with E-state index in [-0.39, 0.29) is 29.5 Å². The Kier molecular flexibility index (Phi) is 18.8. The summed E-state index contributed by atoms with van der Waals surface area (Å²) < 4.78 is 38.9. The Morgan fingerprint density at radius 2 is 1.56 bits per heavy atom. The van der Waals surface area contributed by atoms with Gasteiger partial charge in [-0.25, -0.2) is 23.4 Å². The smallest absolute Gasteiger partial charge is 0.337 e. The molecule has 1 atom stereocenters. The number of aryl methyl sites for hydroxylation is 2. The number of amides is 2. The minimum absolute atomic E-state index is 0.0222. The predicted octanol–water partition coefficient (Wildman–Crippen LogP) is 9.22. The number of aromatic nitrogens is 1. The molecule has 1 heterocycles. The number of carbonyl (C=O) groups is 4. The molecule has 330 valence electrons. The lowest BCUT2D eigenvalue weighted by Crippen LogP contribution is -2.47. The Morgan fingerprint density at radius 3 is 2.19 bits per heavy atom. The van der Waals surface area contributed by atoms with Crippen LogP contribution in [-0.2, 0) is 27.3 Å². The molecule has 2 amide bonds. The fraction of sp³-hybridized carbons (Fsp3) is 0.340. The summed E-state index contributed by atoms with van der Waals surface area (Å²) in [6, 6.07) is 21.0. The van der Waals surface area contributed by atoms with Crippen LogP contribution < -0.4 is 16.4 Å². The summed E-state index contributed by atoms with van der Waals surface area (Å²) in [5, 5.41) is 14.9. The third-order valence-electron chi connectivity index (χ3n) is 9.48. The number of thioether (sulfide) groups is 1. The molecule has 0 aliphatic heterocycles. The Labute approximate surface area is 365 Å². The van der Waals surface area contributed by atoms with Gasteiger partial charge in [-0.3, -0.25) is 14.9 Å². The van der Waals surface area contributed by atoms with E-state index in [1.54, 1.807) is 42.2 Å². The zero-order valence-corrected chi connectivity index (χ0v) is 36.6. The Bertz CT molecular complexity index is 2260. The largest absolute Gasteiger partial charge is 0.478 e. The molecule has 1 unspecified atom stereocenters. The van der Waals surface area contributed by atoms with E-state index in [0.717, 1.165) is 48.2 Å². The molecular weight excluding hydrogens is 817 g/mol. The molecule has 15 heteroatoms. The number of carboxylic acid groups (broad SMARTS) is 1. The van der Waals surface area contributed by atoms with Crippen LogP contribution in [0.25, 0.3) is 22.5 Å². The number of halogens is 2. The molecule has 5 N–H and O–H groups in total. The first kappa shape index (κ1) is 48.8. The second-order valence-electron chi connectivity index (χ2n) is 14.6. The molecule has 5 aromatic rings. The van der Waals surface area contributed by atoms with Crippen molar-refractivity contribution in [1.82, 2.24) is 15.2 Å². The minimum Gasteiger partial charge on any atom is -0.478 e. The van der Waals surface area contributed by atoms with Gasteiger partial charge >= 0.3 is 11.9 Å². The maximum absolute atomic E-state index is 14.0. The van der Waals surface area contributed by atoms with Crippen molar-refractivity contribution in [1.29, 1.82) is 0 Å². The Balaban J connectivity index is 0.000000372. The van der Waals surface area contributed by atoms with Crippen molar-refractivity contribution in [3.63, 3.8) is 0 Å². The molecule has 5 rings (SSSR count). The quantitative estimate of drug-likeness (QED) is 0.0333. The molecule has 0 saturated carbocycles. The van der Waals surface area contributed by atoms with Gasteiger partial charge in [0.05, 0.1) is 17.5 Å². The Morgan fingerprint density at radius 1 is 0.871 bits per heavy atom. The number of benzene rings is 4. The molecular formula is C47H55F2N5O7S. The third-order valence-corrected chi connectivity index (χ3v) is 10.8. The number of nitrogens with zero attached hydrogens (tertiary/aromatic N) is 2. The van der Waals surface area contributed by atoms with Crippen LogP contribution in [0.3, 0.4) is 0 Å². The summed E-state index contributed by atoms with van der Waals surface area (Å²) in [5.41, 5.74) is 11.7. The SMILES string of the molecule is CCCC(N)(SCC(=O)Nc1ccc(-c2cnco2)c(-c2cc(F)cc(F)c2)c1)C(=O)OCNCc1cccc(CC)c1.CCCN(CCC)C(=O)c1cc(C)cc(C(=O)O)c1. The first-order chi connectivity index (χ1) is 29.7. The molecule has 4 aromatic carbocycles. The van der Waals surface area contributed by atoms with Gasteiger partial charge in [0.25, 0.3) is 5.91 Å². The number of carbonyl (C=O) groups excluding carboxylic acids is 3. The normalized spacial score (nSPS) is 11.8. The van der Waals surface area contributed by atoms with Crippen molar-refractivity contribution in [2.45, 2.75) is 78.1 Å². The first-order valence-corrected chi connectivity index (χ1v) is 21.5. The van der Waals surface area contributed by atoms with E-state index in [0.29, 0.717) is 60.6 Å². The molecule has 0 aliphatic carbocycles. The molecule has 12 nitrogen and oxygen atoms in total. The molecule has 1 aromatic heterocycles. The molecule has 0 radical (unpaired) electrons. The van der Waals surface area contributed by atoms with E-state index in [4.69, 9.17) is 20.0 Å². The monoisotopic (exact) mass is 871 g/mol. The van der Waals surface area contributed by atoms with Crippen LogP contribution in [0.1, 0.15) is 90.8 Å². The van der Waals surface area contributed by atoms with Crippen LogP contribution in [0.5, 0.6) is 0 Å². The van der Waals surface area contributed by atoms with E-state index < -0.39 is 34.4 Å². The summed E-state index contributed by atoms with van der Waals surface area (Å²) >= 11 is 0.990. The standard InChI is InChI=1S/C32H34F2N4O4S.C15H21NO3/c1-3-10-32(35,31(40)42-20-36-16-22-7-5-6-21(4-2)11-22)43-18-30(39)38-26-8-9-27(29-17-37-19-41-29)28(15-26)23-12-24(33)14-25(34)13-23;1-4-6-16(7-5-2)14(17)12-8-11(3)9-13(10-12)15(18)19/h5-9,11-15,17,19,36H,3-4,10,16,18,20,35H2,1-2H3,(H,38,39);8-10H,4-7H2,1-3H3,(H,18,19). The maximum Gasteiger partial charge on any atom is 0.337 e. The predicted molar refractivity (Wildman–Crippen MR) is 238 cm³/mol. The lowest BCUT2D eigenvalue weighted by Gasteiger charge is -2.26. The van der Waals surface area contributed by atoms with Gasteiger partial charge in [0.1, 0.15) is 18.4 Å². The zero-order chi connectivity index (χ0) is 45.2. The third kappa shape index (κ3) is 14.4. The molecule has 0 spiro atoms. The number of hydrogen-bond acceptors (Lipinski definition) is 10. The highest BCUT2D eigenvalue weighted by molar-refractivity contribution is 8.02. The minimum atomic E-state index is -1.42. The fourth-order valence-electron chi connectivity index (χ4n) is 6.59. The number of ether oxygens (including phenoxy) is 1. The van der Waals surface area contributed by atoms with Crippen LogP contribution in [0.15, 0.2) is 95.9 Å². The summed E-state index contributed by atoms with van der Waals surface area (Å²) in [6.07, 6.45) is 6.36. The molecule has 0 aliphatic rings. The van der Waals surface area contributed by atoms with Crippen molar-refractivity contribution in [2.24, 2.45) is 5.73 Å². The topological polar surface area (TPSA) is 177 Å². The van der Waals surface area contributed by atoms with Crippen molar-refractivity contribution < 1.29 is 42.2 Å². The molecule has 0 fully saturated rings. The number of aromatic carboxylic acids is 1. The number of hydrogen-bond donors (Lipinski definition) is 4. The molecule has 0 saturated heterocycles. The van der Waals surface area contributed by atoms with Crippen molar-refractivity contribution >= 4 is 41.2 Å². The average molecular weight is 872 g/mol. The summed E-state index contributed by atoms with van der Waals surface area (Å²) in [5.74, 6) is -3.35. The van der Waals surface area contributed by atoms with Gasteiger partial charge in [-0.2, -0.15) is 0 Å². The lowest BCUT2D eigenvalue weighted by molar-refractivity contribution is -0.147. The highest BCUT2D eigenvalue weighted by Crippen LogP contribution is 2.35. The van der Waals surface area contributed by atoms with Gasteiger partial charge in [-0.1, -0.05) is 58.4 Å². The zero-order valence-electron chi connectivity index (χ0n) is 35.8. The number of carboxylic acids is 1. The number of oxazole rings is 1. The molecule has 0 bridgehead atoms. The van der Waals surface area contributed by atoms with E-state index in [1.807, 2.05) is 32.9 Å². The van der Waals surface area contributed by atoms with Crippen LogP contribution in [0.2, 0.25) is 0 Å². The van der Waals surface area contributed by atoms with Crippen LogP contribution in [-0.4, -0.2) is 69.2 Å². The second-order valence-corrected chi connectivity index (χ2v) is 15.9. The van der Waals surface area contributed by atoms with E-state index >= 15 is 0 Å². The highest BCUT2D eigenvalue weighted by atomic mass is 32.2. The van der Waals surface area contributed by atoms with Crippen molar-refractivity contribution in [3.8, 4) is 22.5 Å². The Hall–Kier alpha value is -5.90. The van der Waals surface area contributed by atoms with Gasteiger partial charge in [0.2, 0.25) is 5.91 Å². The van der Waals surface area contributed by atoms with Crippen LogP contribution in [0.4, 0.5) is 14.5 Å². The van der Waals surface area contributed by atoms with Gasteiger partial charge < -0.3 is 30.2 Å². The fourth-order valence-corrected chi connectivity index (χ4v) is 7.58. The summed E-state index contributed by atoms with van der Waals surface area (Å²) in [7, 11) is 0. The maximum atomic E-state index is 14.0. The van der Waals surface area contributed by atoms with Crippen molar-refractivity contribution in [2.75, 3.05) is 30.9 Å². The van der Waals surface area contributed by atoms with Gasteiger partial charge in [0, 0.05) is 42.5 Å². The number of anilines is 1. The number of rotatable bonds is 20. The second kappa shape index (κ2) is 23.9. The van der Waals surface area contributed by atoms with Crippen LogP contribution >= 0.6 is 11.8 Å². The van der Waals surface area contributed by atoms with Gasteiger partial charge in [0.15, 0.2) is 17.0 Å². The van der Waals surface area contributed by atoms with E-state index in [2.05, 4.69) is 34.7 Å². The summed E-state index contributed by atoms with van der Waals surface area (Å²) in [4.78, 5) is 53.5. The van der Waals surface area contributed by atoms with Gasteiger partial charge in [-0.15, -0.1) is 11.8 Å². The van der Waals surface area contributed by atoms with Gasteiger partial charge in [-0.05, 0) is 109 Å². The lowest BCUT2D eigenvalue weighted by atomic mass is 9.97. The number of nitrogens with one attached hydrogen (secondary N) is 2. The van der Waals surface area contributed by atoms with E-state index in [1.165, 1.54) is 36.4 Å². The average Bonchev–Trinajstić information content (AvgIpc) is 3.79. The molecule has 62 heavy (non-hydrogen) atoms. The van der Waals surface area contributed by atoms with Crippen molar-refractivity contribution in [3.05, 3.63) is 131 Å². The van der Waals surface area contributed by atoms with Crippen LogP contribution in [0, 0.1) is 18.6 Å². The number of esters is 1.